The maximum absolute atomic E-state index is 11.3. The Bertz CT molecular complexity index is 317. The number of carboxylic acid groups (broad SMARTS) is 1. The second kappa shape index (κ2) is 4.77. The molecule has 0 spiro atoms. The number of thiophene rings is 1. The fourth-order valence-corrected chi connectivity index (χ4v) is 2.86. The van der Waals surface area contributed by atoms with E-state index in [4.69, 9.17) is 0 Å². The number of carbonyl (C=O) groups is 1. The summed E-state index contributed by atoms with van der Waals surface area (Å²) in [5, 5.41) is 16.5. The minimum atomic E-state index is -0.715. The van der Waals surface area contributed by atoms with E-state index in [1.54, 1.807) is 11.3 Å². The van der Waals surface area contributed by atoms with Gasteiger partial charge in [0.25, 0.3) is 0 Å². The van der Waals surface area contributed by atoms with Gasteiger partial charge in [0.05, 0.1) is 5.92 Å². The average Bonchev–Trinajstić information content (AvgIpc) is 2.72. The number of rotatable bonds is 3. The van der Waals surface area contributed by atoms with Gasteiger partial charge in [-0.2, -0.15) is 11.3 Å². The molecule has 2 heterocycles. The number of aliphatic carboxylic acids is 1. The number of hydrogen-bond acceptors (Lipinski definition) is 3. The molecule has 2 unspecified atom stereocenters. The summed E-state index contributed by atoms with van der Waals surface area (Å²) in [6.45, 7) is 0.943. The molecule has 0 bridgehead atoms. The summed E-state index contributed by atoms with van der Waals surface area (Å²) in [7, 11) is 0. The van der Waals surface area contributed by atoms with E-state index in [9.17, 15) is 9.90 Å². The van der Waals surface area contributed by atoms with Gasteiger partial charge in [0.1, 0.15) is 0 Å². The normalized spacial score (nSPS) is 23.6. The minimum Gasteiger partial charge on any atom is -0.481 e. The zero-order valence-electron chi connectivity index (χ0n) is 8.48. The van der Waals surface area contributed by atoms with Crippen molar-refractivity contribution < 1.29 is 9.90 Å². The first-order valence-electron chi connectivity index (χ1n) is 5.27. The molecule has 2 atom stereocenters. The lowest BCUT2D eigenvalue weighted by Crippen LogP contribution is -2.41. The van der Waals surface area contributed by atoms with Crippen molar-refractivity contribution in [3.8, 4) is 0 Å². The van der Waals surface area contributed by atoms with E-state index in [1.165, 1.54) is 0 Å². The molecular weight excluding hydrogens is 210 g/mol. The number of piperidine rings is 1. The molecule has 2 N–H and O–H groups in total. The van der Waals surface area contributed by atoms with Gasteiger partial charge in [-0.25, -0.2) is 0 Å². The van der Waals surface area contributed by atoms with Crippen LogP contribution in [0.2, 0.25) is 0 Å². The second-order valence-electron chi connectivity index (χ2n) is 3.93. The first-order chi connectivity index (χ1) is 7.29. The van der Waals surface area contributed by atoms with Crippen LogP contribution in [0.3, 0.4) is 0 Å². The summed E-state index contributed by atoms with van der Waals surface area (Å²) in [6, 6.07) is 2.02. The van der Waals surface area contributed by atoms with Crippen LogP contribution in [-0.2, 0) is 4.79 Å². The molecule has 1 saturated heterocycles. The SMILES string of the molecule is O=C(O)C(c1ccsc1)C1CCCCN1. The molecule has 0 aromatic carbocycles. The first-order valence-corrected chi connectivity index (χ1v) is 6.21. The third-order valence-corrected chi connectivity index (χ3v) is 3.62. The lowest BCUT2D eigenvalue weighted by atomic mass is 9.88. The van der Waals surface area contributed by atoms with E-state index in [1.807, 2.05) is 16.8 Å². The fraction of sp³-hybridized carbons (Fsp3) is 0.545. The van der Waals surface area contributed by atoms with Crippen molar-refractivity contribution in [2.24, 2.45) is 0 Å². The van der Waals surface area contributed by atoms with Crippen LogP contribution in [0, 0.1) is 0 Å². The van der Waals surface area contributed by atoms with Crippen LogP contribution in [0.25, 0.3) is 0 Å². The van der Waals surface area contributed by atoms with E-state index in [0.717, 1.165) is 31.4 Å². The Balaban J connectivity index is 2.15. The van der Waals surface area contributed by atoms with Gasteiger partial charge < -0.3 is 10.4 Å². The highest BCUT2D eigenvalue weighted by atomic mass is 32.1. The summed E-state index contributed by atoms with van der Waals surface area (Å²) >= 11 is 1.56. The van der Waals surface area contributed by atoms with Gasteiger partial charge in [0.2, 0.25) is 0 Å². The largest absolute Gasteiger partial charge is 0.481 e. The van der Waals surface area contributed by atoms with E-state index in [-0.39, 0.29) is 12.0 Å². The third-order valence-electron chi connectivity index (χ3n) is 2.92. The highest BCUT2D eigenvalue weighted by Crippen LogP contribution is 2.27. The third kappa shape index (κ3) is 2.38. The molecule has 1 fully saturated rings. The maximum Gasteiger partial charge on any atom is 0.312 e. The van der Waals surface area contributed by atoms with E-state index in [2.05, 4.69) is 5.32 Å². The van der Waals surface area contributed by atoms with Crippen LogP contribution in [0.15, 0.2) is 16.8 Å². The van der Waals surface area contributed by atoms with Crippen molar-refractivity contribution in [3.63, 3.8) is 0 Å². The summed E-state index contributed by atoms with van der Waals surface area (Å²) in [6.07, 6.45) is 3.25. The standard InChI is InChI=1S/C11H15NO2S/c13-11(14)10(8-4-6-15-7-8)9-3-1-2-5-12-9/h4,6-7,9-10,12H,1-3,5H2,(H,13,14). The van der Waals surface area contributed by atoms with Crippen LogP contribution in [0.4, 0.5) is 0 Å². The number of hydrogen-bond donors (Lipinski definition) is 2. The molecule has 0 amide bonds. The van der Waals surface area contributed by atoms with Gasteiger partial charge >= 0.3 is 5.97 Å². The summed E-state index contributed by atoms with van der Waals surface area (Å²) in [5.74, 6) is -1.09. The van der Waals surface area contributed by atoms with Crippen LogP contribution >= 0.6 is 11.3 Å². The molecule has 82 valence electrons. The van der Waals surface area contributed by atoms with Crippen molar-refractivity contribution in [2.75, 3.05) is 6.54 Å². The zero-order chi connectivity index (χ0) is 10.7. The van der Waals surface area contributed by atoms with Crippen molar-refractivity contribution in [1.29, 1.82) is 0 Å². The summed E-state index contributed by atoms with van der Waals surface area (Å²) in [4.78, 5) is 11.3. The molecule has 15 heavy (non-hydrogen) atoms. The van der Waals surface area contributed by atoms with Gasteiger partial charge in [-0.15, -0.1) is 0 Å². The van der Waals surface area contributed by atoms with Crippen molar-refractivity contribution in [3.05, 3.63) is 22.4 Å². The first kappa shape index (κ1) is 10.6. The fourth-order valence-electron chi connectivity index (χ4n) is 2.16. The van der Waals surface area contributed by atoms with Gasteiger partial charge in [0, 0.05) is 6.04 Å². The number of nitrogens with one attached hydrogen (secondary N) is 1. The Hall–Kier alpha value is -0.870. The quantitative estimate of drug-likeness (QED) is 0.827. The van der Waals surface area contributed by atoms with Gasteiger partial charge in [-0.1, -0.05) is 6.42 Å². The second-order valence-corrected chi connectivity index (χ2v) is 4.71. The van der Waals surface area contributed by atoms with E-state index >= 15 is 0 Å². The number of carboxylic acids is 1. The van der Waals surface area contributed by atoms with E-state index < -0.39 is 5.97 Å². The maximum atomic E-state index is 11.3. The van der Waals surface area contributed by atoms with Crippen LogP contribution in [0.5, 0.6) is 0 Å². The lowest BCUT2D eigenvalue weighted by molar-refractivity contribution is -0.139. The molecule has 1 aromatic rings. The Morgan fingerprint density at radius 1 is 1.60 bits per heavy atom. The Morgan fingerprint density at radius 3 is 3.00 bits per heavy atom. The summed E-state index contributed by atoms with van der Waals surface area (Å²) < 4.78 is 0. The van der Waals surface area contributed by atoms with Gasteiger partial charge in [-0.3, -0.25) is 4.79 Å². The van der Waals surface area contributed by atoms with E-state index in [0.29, 0.717) is 0 Å². The lowest BCUT2D eigenvalue weighted by Gasteiger charge is -2.28. The smallest absolute Gasteiger partial charge is 0.312 e. The predicted octanol–water partition coefficient (Wildman–Crippen LogP) is 2.06. The molecule has 1 aliphatic rings. The highest BCUT2D eigenvalue weighted by molar-refractivity contribution is 7.08. The zero-order valence-corrected chi connectivity index (χ0v) is 9.30. The molecule has 1 aromatic heterocycles. The minimum absolute atomic E-state index is 0.103. The molecule has 0 saturated carbocycles. The van der Waals surface area contributed by atoms with Crippen molar-refractivity contribution >= 4 is 17.3 Å². The summed E-state index contributed by atoms with van der Waals surface area (Å²) in [5.41, 5.74) is 0.937. The molecule has 4 heteroatoms. The average molecular weight is 225 g/mol. The predicted molar refractivity (Wildman–Crippen MR) is 60.3 cm³/mol. The van der Waals surface area contributed by atoms with Crippen LogP contribution in [-0.4, -0.2) is 23.7 Å². The molecule has 3 nitrogen and oxygen atoms in total. The molecule has 0 aliphatic carbocycles. The van der Waals surface area contributed by atoms with Crippen LogP contribution in [0.1, 0.15) is 30.7 Å². The Labute approximate surface area is 93.1 Å². The van der Waals surface area contributed by atoms with Crippen molar-refractivity contribution in [2.45, 2.75) is 31.2 Å². The van der Waals surface area contributed by atoms with Crippen molar-refractivity contribution in [1.82, 2.24) is 5.32 Å². The molecule has 0 radical (unpaired) electrons. The Kier molecular flexibility index (Phi) is 3.38. The Morgan fingerprint density at radius 2 is 2.47 bits per heavy atom. The molecule has 1 aliphatic heterocycles. The highest BCUT2D eigenvalue weighted by Gasteiger charge is 2.30. The van der Waals surface area contributed by atoms with Crippen LogP contribution < -0.4 is 5.32 Å². The van der Waals surface area contributed by atoms with Gasteiger partial charge in [0.15, 0.2) is 0 Å². The molecular formula is C11H15NO2S. The topological polar surface area (TPSA) is 49.3 Å². The molecule has 2 rings (SSSR count). The monoisotopic (exact) mass is 225 g/mol. The van der Waals surface area contributed by atoms with Gasteiger partial charge in [-0.05, 0) is 41.8 Å².